The third-order valence-corrected chi connectivity index (χ3v) is 16.7. The number of nitrogens with one attached hydrogen (secondary N) is 1. The van der Waals surface area contributed by atoms with Crippen LogP contribution in [0.15, 0.2) is 11.6 Å². The van der Waals surface area contributed by atoms with Crippen LogP contribution < -0.4 is 5.32 Å². The zero-order valence-corrected chi connectivity index (χ0v) is 23.9. The largest absolute Gasteiger partial charge is 0.405 e. The van der Waals surface area contributed by atoms with Gasteiger partial charge in [0.25, 0.3) is 0 Å². The summed E-state index contributed by atoms with van der Waals surface area (Å²) in [6.07, 6.45) is 0.959. The lowest BCUT2D eigenvalue weighted by atomic mass is 10.0. The van der Waals surface area contributed by atoms with E-state index in [1.54, 1.807) is 0 Å². The van der Waals surface area contributed by atoms with Gasteiger partial charge in [0, 0.05) is 11.1 Å². The highest BCUT2D eigenvalue weighted by Crippen LogP contribution is 2.45. The van der Waals surface area contributed by atoms with Gasteiger partial charge in [-0.1, -0.05) is 41.5 Å². The molecule has 0 unspecified atom stereocenters. The summed E-state index contributed by atoms with van der Waals surface area (Å²) in [6, 6.07) is 6.03. The van der Waals surface area contributed by atoms with Crippen LogP contribution in [-0.2, 0) is 23.1 Å². The molecule has 0 aromatic rings. The Bertz CT molecular complexity index is 645. The van der Waals surface area contributed by atoms with E-state index >= 15 is 0 Å². The van der Waals surface area contributed by atoms with Gasteiger partial charge in [0.1, 0.15) is 12.2 Å². The summed E-state index contributed by atoms with van der Waals surface area (Å²) in [5.41, 5.74) is 0.250. The zero-order chi connectivity index (χ0) is 24.2. The molecule has 0 radical (unpaired) electrons. The van der Waals surface area contributed by atoms with Gasteiger partial charge in [0.15, 0.2) is 16.6 Å². The van der Waals surface area contributed by atoms with E-state index in [0.717, 1.165) is 36.3 Å². The van der Waals surface area contributed by atoms with E-state index in [0.29, 0.717) is 18.8 Å². The molecule has 0 aromatic carbocycles. The Balaban J connectivity index is 2.55. The van der Waals surface area contributed by atoms with Crippen molar-refractivity contribution in [2.75, 3.05) is 13.2 Å². The molecule has 6 nitrogen and oxygen atoms in total. The van der Waals surface area contributed by atoms with Crippen LogP contribution in [-0.4, -0.2) is 59.3 Å². The fourth-order valence-electron chi connectivity index (χ4n) is 4.88. The van der Waals surface area contributed by atoms with Crippen LogP contribution in [0.25, 0.3) is 0 Å². The molecule has 1 saturated heterocycles. The van der Waals surface area contributed by atoms with Gasteiger partial charge in [-0.15, -0.1) is 0 Å². The molecule has 1 amide bonds. The molecule has 1 spiro atoms. The molecule has 0 saturated carbocycles. The van der Waals surface area contributed by atoms with Crippen molar-refractivity contribution in [3.63, 3.8) is 0 Å². The lowest BCUT2D eigenvalue weighted by molar-refractivity contribution is -0.233. The topological polar surface area (TPSA) is 66.0 Å². The molecular formula is C24H47NO5Si2. The van der Waals surface area contributed by atoms with Crippen LogP contribution in [0.5, 0.6) is 0 Å². The Labute approximate surface area is 198 Å². The molecule has 0 bridgehead atoms. The third-order valence-electron chi connectivity index (χ3n) is 7.48. The van der Waals surface area contributed by atoms with Gasteiger partial charge in [0.05, 0.1) is 13.2 Å². The third kappa shape index (κ3) is 5.58. The number of carbonyl (C=O) groups is 1. The molecule has 1 aliphatic heterocycles. The van der Waals surface area contributed by atoms with Crippen LogP contribution in [0.4, 0.5) is 0 Å². The Kier molecular flexibility index (Phi) is 9.38. The summed E-state index contributed by atoms with van der Waals surface area (Å²) in [4.78, 5) is 13.5. The van der Waals surface area contributed by atoms with Crippen molar-refractivity contribution in [1.82, 2.24) is 5.32 Å². The summed E-state index contributed by atoms with van der Waals surface area (Å²) >= 11 is 0. The lowest BCUT2D eigenvalue weighted by Gasteiger charge is -2.43. The van der Waals surface area contributed by atoms with E-state index < -0.39 is 34.6 Å². The molecule has 32 heavy (non-hydrogen) atoms. The van der Waals surface area contributed by atoms with Gasteiger partial charge in [-0.25, -0.2) is 0 Å². The second-order valence-corrected chi connectivity index (χ2v) is 19.7. The Morgan fingerprint density at radius 2 is 1.38 bits per heavy atom. The molecule has 2 rings (SSSR count). The van der Waals surface area contributed by atoms with Gasteiger partial charge in [0.2, 0.25) is 11.7 Å². The second-order valence-electron chi connectivity index (χ2n) is 10.3. The van der Waals surface area contributed by atoms with Gasteiger partial charge < -0.3 is 23.6 Å². The minimum atomic E-state index is -2.06. The summed E-state index contributed by atoms with van der Waals surface area (Å²) in [7, 11) is -4.04. The maximum atomic E-state index is 13.5. The first-order chi connectivity index (χ1) is 15.0. The molecule has 2 aliphatic rings. The number of hydrogen-bond acceptors (Lipinski definition) is 5. The molecular weight excluding hydrogens is 438 g/mol. The first-order valence-corrected chi connectivity index (χ1v) is 17.7. The number of rotatable bonds is 11. The number of carbonyl (C=O) groups excluding carboxylic acids is 1. The van der Waals surface area contributed by atoms with E-state index in [4.69, 9.17) is 18.3 Å². The average molecular weight is 486 g/mol. The standard InChI is InChI=1S/C24H47NO5Si2/c1-10-31(11-2,12-3)29-20-18-19(22(26)25-23(7,8)9)21(24(20)27-16-17-28-24)30-32(13-4,14-5)15-6/h18,20-21H,10-17H2,1-9H3,(H,25,26)/t20-,21+/m0/s1. The summed E-state index contributed by atoms with van der Waals surface area (Å²) in [5, 5.41) is 3.14. The maximum absolute atomic E-state index is 13.5. The quantitative estimate of drug-likeness (QED) is 0.399. The molecule has 2 atom stereocenters. The first-order valence-electron chi connectivity index (χ1n) is 12.7. The molecule has 8 heteroatoms. The van der Waals surface area contributed by atoms with E-state index in [1.165, 1.54) is 0 Å². The molecule has 0 aromatic heterocycles. The predicted octanol–water partition coefficient (Wildman–Crippen LogP) is 5.37. The van der Waals surface area contributed by atoms with Crippen molar-refractivity contribution in [3.05, 3.63) is 11.6 Å². The summed E-state index contributed by atoms with van der Waals surface area (Å²) < 4.78 is 26.6. The lowest BCUT2D eigenvalue weighted by Crippen LogP contribution is -2.58. The van der Waals surface area contributed by atoms with E-state index in [2.05, 4.69) is 46.9 Å². The van der Waals surface area contributed by atoms with Gasteiger partial charge in [-0.3, -0.25) is 4.79 Å². The van der Waals surface area contributed by atoms with Gasteiger partial charge >= 0.3 is 0 Å². The zero-order valence-electron chi connectivity index (χ0n) is 21.9. The van der Waals surface area contributed by atoms with Crippen LogP contribution >= 0.6 is 0 Å². The fraction of sp³-hybridized carbons (Fsp3) is 0.875. The smallest absolute Gasteiger partial charge is 0.250 e. The average Bonchev–Trinajstić information content (AvgIpc) is 3.36. The highest BCUT2D eigenvalue weighted by molar-refractivity contribution is 6.74. The maximum Gasteiger partial charge on any atom is 0.250 e. The molecule has 1 aliphatic carbocycles. The van der Waals surface area contributed by atoms with Crippen molar-refractivity contribution >= 4 is 22.5 Å². The molecule has 186 valence electrons. The van der Waals surface area contributed by atoms with Crippen molar-refractivity contribution in [3.8, 4) is 0 Å². The van der Waals surface area contributed by atoms with E-state index in [9.17, 15) is 4.79 Å². The number of ether oxygens (including phenoxy) is 2. The van der Waals surface area contributed by atoms with Gasteiger partial charge in [-0.2, -0.15) is 0 Å². The van der Waals surface area contributed by atoms with Crippen LogP contribution in [0, 0.1) is 0 Å². The summed E-state index contributed by atoms with van der Waals surface area (Å²) in [6.45, 7) is 20.2. The molecule has 1 heterocycles. The predicted molar refractivity (Wildman–Crippen MR) is 135 cm³/mol. The Hall–Kier alpha value is -0.516. The van der Waals surface area contributed by atoms with Gasteiger partial charge in [-0.05, 0) is 63.1 Å². The first kappa shape index (κ1) is 27.7. The Morgan fingerprint density at radius 1 is 0.938 bits per heavy atom. The number of hydrogen-bond donors (Lipinski definition) is 1. The van der Waals surface area contributed by atoms with E-state index in [1.807, 2.05) is 26.8 Å². The van der Waals surface area contributed by atoms with Crippen molar-refractivity contribution < 1.29 is 23.1 Å². The van der Waals surface area contributed by atoms with Crippen LogP contribution in [0.2, 0.25) is 36.3 Å². The van der Waals surface area contributed by atoms with Crippen LogP contribution in [0.3, 0.4) is 0 Å². The molecule has 1 N–H and O–H groups in total. The van der Waals surface area contributed by atoms with Crippen LogP contribution in [0.1, 0.15) is 62.3 Å². The molecule has 1 fully saturated rings. The fourth-order valence-corrected chi connectivity index (χ4v) is 10.4. The van der Waals surface area contributed by atoms with Crippen molar-refractivity contribution in [2.24, 2.45) is 0 Å². The minimum Gasteiger partial charge on any atom is -0.405 e. The normalized spacial score (nSPS) is 23.6. The van der Waals surface area contributed by atoms with E-state index in [-0.39, 0.29) is 11.4 Å². The SMILES string of the molecule is CC[Si](CC)(CC)O[C@H]1C=C(C(=O)NC(C)(C)C)[C@@H](O[Si](CC)(CC)CC)C12OCCO2. The number of amides is 1. The minimum absolute atomic E-state index is 0.116. The highest BCUT2D eigenvalue weighted by Gasteiger charge is 2.61. The highest BCUT2D eigenvalue weighted by atomic mass is 28.4. The van der Waals surface area contributed by atoms with Crippen molar-refractivity contribution in [1.29, 1.82) is 0 Å². The Morgan fingerprint density at radius 3 is 1.78 bits per heavy atom. The summed E-state index contributed by atoms with van der Waals surface area (Å²) in [5.74, 6) is -1.19. The van der Waals surface area contributed by atoms with Crippen molar-refractivity contribution in [2.45, 2.75) is 122 Å². The second kappa shape index (κ2) is 10.8. The monoisotopic (exact) mass is 485 g/mol.